The van der Waals surface area contributed by atoms with E-state index in [9.17, 15) is 0 Å². The van der Waals surface area contributed by atoms with E-state index in [1.165, 1.54) is 11.1 Å². The van der Waals surface area contributed by atoms with Crippen molar-refractivity contribution in [3.05, 3.63) is 83.3 Å². The summed E-state index contributed by atoms with van der Waals surface area (Å²) in [7, 11) is 1.66. The summed E-state index contributed by atoms with van der Waals surface area (Å²) in [5.74, 6) is 1.63. The number of rotatable bonds is 6. The molecule has 0 aliphatic carbocycles. The molecule has 3 aromatic rings. The number of thiocarbonyl (C=S) groups is 1. The van der Waals surface area contributed by atoms with Gasteiger partial charge >= 0.3 is 0 Å². The molecule has 1 N–H and O–H groups in total. The van der Waals surface area contributed by atoms with Gasteiger partial charge in [-0.05, 0) is 67.0 Å². The van der Waals surface area contributed by atoms with Crippen LogP contribution in [0.15, 0.2) is 65.3 Å². The molecule has 0 fully saturated rings. The third kappa shape index (κ3) is 4.89. The van der Waals surface area contributed by atoms with Gasteiger partial charge < -0.3 is 19.4 Å². The lowest BCUT2D eigenvalue weighted by molar-refractivity contribution is 0.359. The van der Waals surface area contributed by atoms with Crippen LogP contribution in [0.3, 0.4) is 0 Å². The Kier molecular flexibility index (Phi) is 6.14. The van der Waals surface area contributed by atoms with Crippen molar-refractivity contribution in [3.63, 3.8) is 0 Å². The normalized spacial score (nSPS) is 10.5. The van der Waals surface area contributed by atoms with Crippen LogP contribution in [0.5, 0.6) is 5.75 Å². The zero-order chi connectivity index (χ0) is 19.2. The molecule has 0 aliphatic heterocycles. The Morgan fingerprint density at radius 3 is 2.59 bits per heavy atom. The van der Waals surface area contributed by atoms with Crippen molar-refractivity contribution in [3.8, 4) is 5.75 Å². The summed E-state index contributed by atoms with van der Waals surface area (Å²) in [4.78, 5) is 2.10. The van der Waals surface area contributed by atoms with Crippen molar-refractivity contribution in [1.29, 1.82) is 0 Å². The van der Waals surface area contributed by atoms with Crippen LogP contribution in [0.4, 0.5) is 5.69 Å². The highest BCUT2D eigenvalue weighted by Gasteiger charge is 2.15. The molecular formula is C22H24N2O2S. The van der Waals surface area contributed by atoms with E-state index in [-0.39, 0.29) is 0 Å². The molecular weight excluding hydrogens is 356 g/mol. The minimum atomic E-state index is 0.585. The molecule has 1 aromatic heterocycles. The first-order valence-electron chi connectivity index (χ1n) is 8.84. The van der Waals surface area contributed by atoms with Gasteiger partial charge in [0.05, 0.1) is 25.6 Å². The van der Waals surface area contributed by atoms with Crippen LogP contribution in [0, 0.1) is 13.8 Å². The van der Waals surface area contributed by atoms with E-state index in [0.717, 1.165) is 22.8 Å². The van der Waals surface area contributed by atoms with Crippen LogP contribution in [0.25, 0.3) is 0 Å². The molecule has 27 heavy (non-hydrogen) atoms. The van der Waals surface area contributed by atoms with Crippen molar-refractivity contribution in [2.24, 2.45) is 0 Å². The average Bonchev–Trinajstić information content (AvgIpc) is 3.16. The van der Waals surface area contributed by atoms with Crippen molar-refractivity contribution < 1.29 is 9.15 Å². The molecule has 0 radical (unpaired) electrons. The molecule has 2 aromatic carbocycles. The van der Waals surface area contributed by atoms with Gasteiger partial charge in [-0.3, -0.25) is 0 Å². The second-order valence-corrected chi connectivity index (χ2v) is 6.88. The lowest BCUT2D eigenvalue weighted by Crippen LogP contribution is -2.34. The molecule has 0 atom stereocenters. The average molecular weight is 381 g/mol. The highest BCUT2D eigenvalue weighted by molar-refractivity contribution is 7.80. The first-order chi connectivity index (χ1) is 13.1. The number of nitrogens with zero attached hydrogens (tertiary/aromatic N) is 1. The molecule has 0 amide bonds. The fourth-order valence-electron chi connectivity index (χ4n) is 2.90. The summed E-state index contributed by atoms with van der Waals surface area (Å²) in [5.41, 5.74) is 4.46. The molecule has 0 bridgehead atoms. The standard InChI is InChI=1S/C22H24N2O2S/c1-16-10-11-21(25-3)20(13-16)23-22(27)24(15-19-9-6-12-26-19)14-18-8-5-4-7-17(18)2/h4-13H,14-15H2,1-3H3,(H,23,27). The van der Waals surface area contributed by atoms with Gasteiger partial charge in [-0.2, -0.15) is 0 Å². The molecule has 0 unspecified atom stereocenters. The molecule has 5 heteroatoms. The second kappa shape index (κ2) is 8.73. The zero-order valence-corrected chi connectivity index (χ0v) is 16.7. The van der Waals surface area contributed by atoms with Gasteiger partial charge in [0.2, 0.25) is 0 Å². The predicted molar refractivity (Wildman–Crippen MR) is 113 cm³/mol. The summed E-state index contributed by atoms with van der Waals surface area (Å²) < 4.78 is 11.0. The largest absolute Gasteiger partial charge is 0.495 e. The fraction of sp³-hybridized carbons (Fsp3) is 0.227. The number of benzene rings is 2. The van der Waals surface area contributed by atoms with E-state index in [0.29, 0.717) is 18.2 Å². The van der Waals surface area contributed by atoms with Gasteiger partial charge in [0.15, 0.2) is 5.11 Å². The maximum Gasteiger partial charge on any atom is 0.174 e. The van der Waals surface area contributed by atoms with Crippen molar-refractivity contribution >= 4 is 23.0 Å². The Bertz CT molecular complexity index is 906. The Labute approximate surface area is 165 Å². The number of hydrogen-bond acceptors (Lipinski definition) is 3. The summed E-state index contributed by atoms with van der Waals surface area (Å²) in [6.07, 6.45) is 1.68. The third-order valence-electron chi connectivity index (χ3n) is 4.43. The van der Waals surface area contributed by atoms with E-state index >= 15 is 0 Å². The van der Waals surface area contributed by atoms with Crippen LogP contribution >= 0.6 is 12.2 Å². The topological polar surface area (TPSA) is 37.6 Å². The smallest absolute Gasteiger partial charge is 0.174 e. The number of aryl methyl sites for hydroxylation is 2. The van der Waals surface area contributed by atoms with Gasteiger partial charge in [0.1, 0.15) is 11.5 Å². The van der Waals surface area contributed by atoms with Gasteiger partial charge in [0, 0.05) is 6.54 Å². The number of hydrogen-bond donors (Lipinski definition) is 1. The highest BCUT2D eigenvalue weighted by atomic mass is 32.1. The summed E-state index contributed by atoms with van der Waals surface area (Å²) in [6, 6.07) is 18.2. The number of ether oxygens (including phenoxy) is 1. The van der Waals surface area contributed by atoms with Crippen LogP contribution in [-0.2, 0) is 13.1 Å². The van der Waals surface area contributed by atoms with E-state index in [4.69, 9.17) is 21.4 Å². The summed E-state index contributed by atoms with van der Waals surface area (Å²) in [5, 5.41) is 3.97. The van der Waals surface area contributed by atoms with E-state index < -0.39 is 0 Å². The minimum Gasteiger partial charge on any atom is -0.495 e. The maximum atomic E-state index is 5.74. The quantitative estimate of drug-likeness (QED) is 0.587. The molecule has 0 aliphatic rings. The zero-order valence-electron chi connectivity index (χ0n) is 15.9. The predicted octanol–water partition coefficient (Wildman–Crippen LogP) is 5.30. The van der Waals surface area contributed by atoms with E-state index in [1.54, 1.807) is 13.4 Å². The van der Waals surface area contributed by atoms with Gasteiger partial charge in [-0.15, -0.1) is 0 Å². The monoisotopic (exact) mass is 380 g/mol. The lowest BCUT2D eigenvalue weighted by atomic mass is 10.1. The molecule has 3 rings (SSSR count). The maximum absolute atomic E-state index is 5.74. The van der Waals surface area contributed by atoms with Crippen molar-refractivity contribution in [2.75, 3.05) is 12.4 Å². The van der Waals surface area contributed by atoms with Crippen LogP contribution in [0.1, 0.15) is 22.5 Å². The Balaban J connectivity index is 1.84. The number of anilines is 1. The number of furan rings is 1. The van der Waals surface area contributed by atoms with Gasteiger partial charge in [0.25, 0.3) is 0 Å². The Morgan fingerprint density at radius 1 is 1.07 bits per heavy atom. The molecule has 4 nitrogen and oxygen atoms in total. The number of nitrogens with one attached hydrogen (secondary N) is 1. The van der Waals surface area contributed by atoms with E-state index in [2.05, 4.69) is 29.3 Å². The number of methoxy groups -OCH3 is 1. The molecule has 1 heterocycles. The van der Waals surface area contributed by atoms with Crippen LogP contribution in [-0.4, -0.2) is 17.1 Å². The molecule has 0 saturated heterocycles. The Hall–Kier alpha value is -2.79. The van der Waals surface area contributed by atoms with E-state index in [1.807, 2.05) is 49.4 Å². The summed E-state index contributed by atoms with van der Waals surface area (Å²) >= 11 is 5.74. The molecule has 0 spiro atoms. The minimum absolute atomic E-state index is 0.585. The fourth-order valence-corrected chi connectivity index (χ4v) is 3.14. The van der Waals surface area contributed by atoms with Crippen molar-refractivity contribution in [2.45, 2.75) is 26.9 Å². The second-order valence-electron chi connectivity index (χ2n) is 6.50. The first-order valence-corrected chi connectivity index (χ1v) is 9.25. The van der Waals surface area contributed by atoms with Gasteiger partial charge in [-0.25, -0.2) is 0 Å². The first kappa shape index (κ1) is 19.0. The Morgan fingerprint density at radius 2 is 1.89 bits per heavy atom. The highest BCUT2D eigenvalue weighted by Crippen LogP contribution is 2.26. The van der Waals surface area contributed by atoms with Crippen LogP contribution in [0.2, 0.25) is 0 Å². The third-order valence-corrected chi connectivity index (χ3v) is 4.79. The molecule has 140 valence electrons. The van der Waals surface area contributed by atoms with Crippen LogP contribution < -0.4 is 10.1 Å². The van der Waals surface area contributed by atoms with Crippen molar-refractivity contribution in [1.82, 2.24) is 4.90 Å². The SMILES string of the molecule is COc1ccc(C)cc1NC(=S)N(Cc1ccco1)Cc1ccccc1C. The summed E-state index contributed by atoms with van der Waals surface area (Å²) in [6.45, 7) is 5.43. The molecule has 0 saturated carbocycles. The van der Waals surface area contributed by atoms with Gasteiger partial charge in [-0.1, -0.05) is 30.3 Å². The lowest BCUT2D eigenvalue weighted by Gasteiger charge is -2.26.